The van der Waals surface area contributed by atoms with Crippen LogP contribution in [0.5, 0.6) is 0 Å². The third-order valence-corrected chi connectivity index (χ3v) is 2.29. The smallest absolute Gasteiger partial charge is 0.291 e. The molecule has 1 rings (SSSR count). The molecule has 0 aromatic carbocycles. The molecule has 0 aliphatic carbocycles. The fraction of sp³-hybridized carbons (Fsp3) is 0.571. The van der Waals surface area contributed by atoms with E-state index in [1.54, 1.807) is 6.26 Å². The van der Waals surface area contributed by atoms with Crippen LogP contribution in [0.3, 0.4) is 0 Å². The van der Waals surface area contributed by atoms with Crippen molar-refractivity contribution in [2.75, 3.05) is 6.26 Å². The number of alkyl halides is 3. The number of aryl methyl sites for hydroxylation is 1. The minimum absolute atomic E-state index is 0.0605. The third kappa shape index (κ3) is 1.97. The molecule has 3 nitrogen and oxygen atoms in total. The standard InChI is InChI=1S/C7H9F3N2OS/c1-12-6(13)4(3-14-2)5(11-12)7(8,9)10/h11H,3H2,1-2H3. The lowest BCUT2D eigenvalue weighted by Gasteiger charge is -2.04. The summed E-state index contributed by atoms with van der Waals surface area (Å²) in [5, 5.41) is 2.00. The zero-order valence-corrected chi connectivity index (χ0v) is 8.42. The van der Waals surface area contributed by atoms with Crippen molar-refractivity contribution in [3.05, 3.63) is 21.6 Å². The third-order valence-electron chi connectivity index (χ3n) is 1.72. The minimum Gasteiger partial charge on any atom is -0.291 e. The SMILES string of the molecule is CSCc1c(C(F)(F)F)[nH]n(C)c1=O. The molecule has 0 spiro atoms. The van der Waals surface area contributed by atoms with Crippen LogP contribution >= 0.6 is 11.8 Å². The van der Waals surface area contributed by atoms with Crippen LogP contribution in [0.1, 0.15) is 11.3 Å². The highest BCUT2D eigenvalue weighted by atomic mass is 32.2. The average Bonchev–Trinajstić information content (AvgIpc) is 2.32. The molecule has 7 heteroatoms. The molecule has 0 unspecified atom stereocenters. The second kappa shape index (κ2) is 3.72. The molecular formula is C7H9F3N2OS. The van der Waals surface area contributed by atoms with E-state index in [4.69, 9.17) is 0 Å². The number of hydrogen-bond acceptors (Lipinski definition) is 2. The Hall–Kier alpha value is -0.850. The van der Waals surface area contributed by atoms with Crippen molar-refractivity contribution >= 4 is 11.8 Å². The highest BCUT2D eigenvalue weighted by molar-refractivity contribution is 7.97. The second-order valence-electron chi connectivity index (χ2n) is 2.76. The van der Waals surface area contributed by atoms with Gasteiger partial charge >= 0.3 is 6.18 Å². The summed E-state index contributed by atoms with van der Waals surface area (Å²) in [6.07, 6.45) is -2.85. The summed E-state index contributed by atoms with van der Waals surface area (Å²) in [6, 6.07) is 0. The van der Waals surface area contributed by atoms with Crippen LogP contribution in [-0.2, 0) is 19.0 Å². The van der Waals surface area contributed by atoms with Crippen molar-refractivity contribution in [2.45, 2.75) is 11.9 Å². The van der Waals surface area contributed by atoms with Crippen LogP contribution in [0.15, 0.2) is 4.79 Å². The predicted molar refractivity (Wildman–Crippen MR) is 48.3 cm³/mol. The number of thioether (sulfide) groups is 1. The fourth-order valence-corrected chi connectivity index (χ4v) is 1.66. The number of H-pyrrole nitrogens is 1. The van der Waals surface area contributed by atoms with Crippen LogP contribution < -0.4 is 5.56 Å². The molecule has 0 amide bonds. The molecule has 1 aromatic rings. The Labute approximate surface area is 82.3 Å². The lowest BCUT2D eigenvalue weighted by Crippen LogP contribution is -2.15. The van der Waals surface area contributed by atoms with Crippen molar-refractivity contribution < 1.29 is 13.2 Å². The molecule has 0 bridgehead atoms. The summed E-state index contributed by atoms with van der Waals surface area (Å²) < 4.78 is 38.0. The molecule has 0 saturated heterocycles. The Morgan fingerprint density at radius 3 is 2.50 bits per heavy atom. The first-order valence-electron chi connectivity index (χ1n) is 3.72. The van der Waals surface area contributed by atoms with E-state index >= 15 is 0 Å². The van der Waals surface area contributed by atoms with E-state index in [1.165, 1.54) is 18.8 Å². The molecule has 0 radical (unpaired) electrons. The highest BCUT2D eigenvalue weighted by Crippen LogP contribution is 2.30. The number of aromatic amines is 1. The largest absolute Gasteiger partial charge is 0.433 e. The molecule has 0 fully saturated rings. The summed E-state index contributed by atoms with van der Waals surface area (Å²) in [4.78, 5) is 11.2. The molecule has 0 aliphatic rings. The minimum atomic E-state index is -4.49. The predicted octanol–water partition coefficient (Wildman–Crippen LogP) is 1.60. The van der Waals surface area contributed by atoms with Crippen molar-refractivity contribution in [3.8, 4) is 0 Å². The molecule has 80 valence electrons. The molecule has 0 saturated carbocycles. The van der Waals surface area contributed by atoms with Gasteiger partial charge in [0, 0.05) is 12.8 Å². The van der Waals surface area contributed by atoms with Gasteiger partial charge in [0.15, 0.2) is 0 Å². The first-order valence-corrected chi connectivity index (χ1v) is 5.11. The maximum atomic E-state index is 12.4. The summed E-state index contributed by atoms with van der Waals surface area (Å²) >= 11 is 1.18. The van der Waals surface area contributed by atoms with Gasteiger partial charge in [0.05, 0.1) is 5.56 Å². The summed E-state index contributed by atoms with van der Waals surface area (Å²) in [7, 11) is 1.27. The van der Waals surface area contributed by atoms with Gasteiger partial charge in [0.2, 0.25) is 0 Å². The topological polar surface area (TPSA) is 37.8 Å². The van der Waals surface area contributed by atoms with E-state index < -0.39 is 17.4 Å². The zero-order chi connectivity index (χ0) is 10.9. The van der Waals surface area contributed by atoms with Gasteiger partial charge in [-0.15, -0.1) is 0 Å². The molecule has 0 atom stereocenters. The Kier molecular flexibility index (Phi) is 2.98. The maximum absolute atomic E-state index is 12.4. The van der Waals surface area contributed by atoms with E-state index in [-0.39, 0.29) is 11.3 Å². The number of nitrogens with zero attached hydrogens (tertiary/aromatic N) is 1. The second-order valence-corrected chi connectivity index (χ2v) is 3.63. The highest BCUT2D eigenvalue weighted by Gasteiger charge is 2.37. The van der Waals surface area contributed by atoms with E-state index in [0.29, 0.717) is 0 Å². The van der Waals surface area contributed by atoms with E-state index in [9.17, 15) is 18.0 Å². The van der Waals surface area contributed by atoms with Crippen LogP contribution in [0.4, 0.5) is 13.2 Å². The average molecular weight is 226 g/mol. The van der Waals surface area contributed by atoms with Crippen LogP contribution in [0.2, 0.25) is 0 Å². The zero-order valence-electron chi connectivity index (χ0n) is 7.60. The lowest BCUT2D eigenvalue weighted by molar-refractivity contribution is -0.141. The van der Waals surface area contributed by atoms with E-state index in [1.807, 2.05) is 5.10 Å². The van der Waals surface area contributed by atoms with Gasteiger partial charge in [0.1, 0.15) is 5.69 Å². The van der Waals surface area contributed by atoms with Crippen molar-refractivity contribution in [3.63, 3.8) is 0 Å². The van der Waals surface area contributed by atoms with Gasteiger partial charge in [-0.05, 0) is 6.26 Å². The van der Waals surface area contributed by atoms with Gasteiger partial charge in [-0.2, -0.15) is 24.9 Å². The van der Waals surface area contributed by atoms with Crippen LogP contribution in [0.25, 0.3) is 0 Å². The number of rotatable bonds is 2. The van der Waals surface area contributed by atoms with E-state index in [0.717, 1.165) is 4.68 Å². The van der Waals surface area contributed by atoms with Crippen LogP contribution in [-0.4, -0.2) is 16.0 Å². The normalized spacial score (nSPS) is 12.1. The number of nitrogens with one attached hydrogen (secondary N) is 1. The molecule has 1 heterocycles. The Balaban J connectivity index is 3.30. The van der Waals surface area contributed by atoms with Gasteiger partial charge in [0.25, 0.3) is 5.56 Å². The van der Waals surface area contributed by atoms with Gasteiger partial charge < -0.3 is 0 Å². The molecule has 1 N–H and O–H groups in total. The number of aromatic nitrogens is 2. The molecule has 14 heavy (non-hydrogen) atoms. The summed E-state index contributed by atoms with van der Waals surface area (Å²) in [6.45, 7) is 0. The van der Waals surface area contributed by atoms with Gasteiger partial charge in [-0.25, -0.2) is 0 Å². The first-order chi connectivity index (χ1) is 6.38. The molecular weight excluding hydrogens is 217 g/mol. The molecule has 0 aliphatic heterocycles. The van der Waals surface area contributed by atoms with Gasteiger partial charge in [-0.1, -0.05) is 0 Å². The first kappa shape index (κ1) is 11.2. The van der Waals surface area contributed by atoms with Gasteiger partial charge in [-0.3, -0.25) is 14.6 Å². The maximum Gasteiger partial charge on any atom is 0.433 e. The van der Waals surface area contributed by atoms with E-state index in [2.05, 4.69) is 0 Å². The lowest BCUT2D eigenvalue weighted by atomic mass is 10.3. The van der Waals surface area contributed by atoms with Crippen LogP contribution in [0, 0.1) is 0 Å². The summed E-state index contributed by atoms with van der Waals surface area (Å²) in [5.41, 5.74) is -1.78. The Morgan fingerprint density at radius 1 is 1.50 bits per heavy atom. The van der Waals surface area contributed by atoms with Crippen molar-refractivity contribution in [1.82, 2.24) is 9.78 Å². The van der Waals surface area contributed by atoms with Crippen molar-refractivity contribution in [2.24, 2.45) is 7.05 Å². The number of halogens is 3. The monoisotopic (exact) mass is 226 g/mol. The Morgan fingerprint density at radius 2 is 2.07 bits per heavy atom. The Bertz CT molecular complexity index is 379. The summed E-state index contributed by atoms with van der Waals surface area (Å²) in [5.74, 6) is 0.0605. The quantitative estimate of drug-likeness (QED) is 0.831. The fourth-order valence-electron chi connectivity index (χ4n) is 1.11. The van der Waals surface area contributed by atoms with Crippen molar-refractivity contribution in [1.29, 1.82) is 0 Å². The number of hydrogen-bond donors (Lipinski definition) is 1. The molecule has 1 aromatic heterocycles.